The third-order valence-electron chi connectivity index (χ3n) is 9.49. The predicted molar refractivity (Wildman–Crippen MR) is 116 cm³/mol. The van der Waals surface area contributed by atoms with Crippen LogP contribution in [0.2, 0.25) is 0 Å². The molecule has 0 heterocycles. The van der Waals surface area contributed by atoms with Crippen molar-refractivity contribution >= 4 is 0 Å². The molecule has 2 nitrogen and oxygen atoms in total. The number of rotatable bonds is 5. The van der Waals surface area contributed by atoms with E-state index in [0.717, 1.165) is 31.3 Å². The number of allylic oxidation sites excluding steroid dienone is 4. The molecule has 0 aromatic carbocycles. The molecule has 0 unspecified atom stereocenters. The van der Waals surface area contributed by atoms with E-state index < -0.39 is 5.60 Å². The number of hydrogen-bond acceptors (Lipinski definition) is 2. The highest BCUT2D eigenvalue weighted by Gasteiger charge is 2.54. The van der Waals surface area contributed by atoms with Crippen LogP contribution in [0.4, 0.5) is 0 Å². The Bertz CT molecular complexity index is 672. The summed E-state index contributed by atoms with van der Waals surface area (Å²) in [6.45, 7) is 10.5. The van der Waals surface area contributed by atoms with Crippen molar-refractivity contribution in [2.24, 2.45) is 28.6 Å². The fraction of sp³-hybridized carbons (Fsp3) is 0.846. The highest BCUT2D eigenvalue weighted by atomic mass is 16.5. The molecule has 158 valence electrons. The van der Waals surface area contributed by atoms with E-state index in [1.807, 2.05) is 7.11 Å². The van der Waals surface area contributed by atoms with Gasteiger partial charge in [-0.05, 0) is 111 Å². The average Bonchev–Trinajstić information content (AvgIpc) is 2.99. The second-order valence-electron chi connectivity index (χ2n) is 11.3. The molecule has 6 atom stereocenters. The van der Waals surface area contributed by atoms with Crippen molar-refractivity contribution in [1.82, 2.24) is 0 Å². The molecule has 0 aromatic rings. The number of fused-ring (bicyclic) bond motifs is 4. The highest BCUT2D eigenvalue weighted by Crippen LogP contribution is 2.64. The Balaban J connectivity index is 1.57. The van der Waals surface area contributed by atoms with E-state index in [-0.39, 0.29) is 0 Å². The lowest BCUT2D eigenvalue weighted by atomic mass is 9.50. The van der Waals surface area contributed by atoms with Gasteiger partial charge in [0.2, 0.25) is 0 Å². The summed E-state index contributed by atoms with van der Waals surface area (Å²) >= 11 is 0. The maximum absolute atomic E-state index is 10.7. The molecule has 0 spiro atoms. The lowest BCUT2D eigenvalue weighted by Gasteiger charge is -2.55. The first-order valence-electron chi connectivity index (χ1n) is 11.9. The molecule has 1 fully saturated rings. The second-order valence-corrected chi connectivity index (χ2v) is 11.3. The summed E-state index contributed by atoms with van der Waals surface area (Å²) in [5, 5.41) is 10.7. The monoisotopic (exact) mass is 386 g/mol. The van der Waals surface area contributed by atoms with Crippen LogP contribution in [0.5, 0.6) is 0 Å². The van der Waals surface area contributed by atoms with Crippen molar-refractivity contribution in [2.45, 2.75) is 97.5 Å². The molecule has 4 aliphatic rings. The molecule has 4 rings (SSSR count). The SMILES string of the molecule is COCCC[C@@H](C)[C@H]1CC=C2C3=C(CC[C@@]21C)[C@@]1(C)CC[C@](C)(O)C[C@@H]1CC3. The quantitative estimate of drug-likeness (QED) is 0.551. The maximum atomic E-state index is 10.7. The van der Waals surface area contributed by atoms with Crippen LogP contribution < -0.4 is 0 Å². The summed E-state index contributed by atoms with van der Waals surface area (Å²) in [6, 6.07) is 0. The zero-order valence-corrected chi connectivity index (χ0v) is 18.9. The maximum Gasteiger partial charge on any atom is 0.0623 e. The summed E-state index contributed by atoms with van der Waals surface area (Å²) in [7, 11) is 1.82. The van der Waals surface area contributed by atoms with Gasteiger partial charge >= 0.3 is 0 Å². The van der Waals surface area contributed by atoms with Crippen LogP contribution in [-0.2, 0) is 4.74 Å². The van der Waals surface area contributed by atoms with E-state index in [4.69, 9.17) is 4.74 Å². The van der Waals surface area contributed by atoms with Crippen molar-refractivity contribution in [3.8, 4) is 0 Å². The van der Waals surface area contributed by atoms with Crippen molar-refractivity contribution in [3.05, 3.63) is 22.8 Å². The Morgan fingerprint density at radius 1 is 1.14 bits per heavy atom. The summed E-state index contributed by atoms with van der Waals surface area (Å²) < 4.78 is 5.30. The molecule has 0 aromatic heterocycles. The van der Waals surface area contributed by atoms with Crippen LogP contribution in [0.1, 0.15) is 91.9 Å². The molecule has 0 saturated heterocycles. The topological polar surface area (TPSA) is 29.5 Å². The van der Waals surface area contributed by atoms with Gasteiger partial charge in [0, 0.05) is 13.7 Å². The third-order valence-corrected chi connectivity index (χ3v) is 9.49. The minimum absolute atomic E-state index is 0.333. The zero-order chi connectivity index (χ0) is 20.2. The second kappa shape index (κ2) is 7.27. The van der Waals surface area contributed by atoms with E-state index in [9.17, 15) is 5.11 Å². The summed E-state index contributed by atoms with van der Waals surface area (Å²) in [6.07, 6.45) is 14.6. The van der Waals surface area contributed by atoms with Crippen LogP contribution in [0, 0.1) is 28.6 Å². The lowest BCUT2D eigenvalue weighted by molar-refractivity contribution is -0.0475. The number of hydrogen-bond donors (Lipinski definition) is 1. The van der Waals surface area contributed by atoms with Crippen LogP contribution in [0.15, 0.2) is 22.8 Å². The van der Waals surface area contributed by atoms with Gasteiger partial charge < -0.3 is 9.84 Å². The fourth-order valence-electron chi connectivity index (χ4n) is 7.68. The van der Waals surface area contributed by atoms with Gasteiger partial charge in [0.25, 0.3) is 0 Å². The van der Waals surface area contributed by atoms with Crippen molar-refractivity contribution in [3.63, 3.8) is 0 Å². The first kappa shape index (κ1) is 20.7. The summed E-state index contributed by atoms with van der Waals surface area (Å²) in [4.78, 5) is 0. The van der Waals surface area contributed by atoms with Gasteiger partial charge in [-0.15, -0.1) is 0 Å². The van der Waals surface area contributed by atoms with Gasteiger partial charge in [-0.2, -0.15) is 0 Å². The summed E-state index contributed by atoms with van der Waals surface area (Å²) in [5.74, 6) is 2.24. The van der Waals surface area contributed by atoms with Crippen molar-refractivity contribution in [1.29, 1.82) is 0 Å². The smallest absolute Gasteiger partial charge is 0.0623 e. The van der Waals surface area contributed by atoms with E-state index in [1.54, 1.807) is 16.7 Å². The molecule has 0 aliphatic heterocycles. The van der Waals surface area contributed by atoms with E-state index in [0.29, 0.717) is 16.7 Å². The minimum atomic E-state index is -0.444. The Hall–Kier alpha value is -0.600. The molecule has 2 heteroatoms. The molecule has 0 bridgehead atoms. The highest BCUT2D eigenvalue weighted by molar-refractivity contribution is 5.49. The molecule has 0 radical (unpaired) electrons. The largest absolute Gasteiger partial charge is 0.390 e. The van der Waals surface area contributed by atoms with Crippen LogP contribution in [0.25, 0.3) is 0 Å². The van der Waals surface area contributed by atoms with Gasteiger partial charge in [-0.1, -0.05) is 32.4 Å². The lowest BCUT2D eigenvalue weighted by Crippen LogP contribution is -2.47. The van der Waals surface area contributed by atoms with E-state index in [2.05, 4.69) is 33.8 Å². The number of ether oxygens (including phenoxy) is 1. The van der Waals surface area contributed by atoms with Crippen LogP contribution >= 0.6 is 0 Å². The molecular formula is C26H42O2. The van der Waals surface area contributed by atoms with E-state index in [1.165, 1.54) is 51.4 Å². The van der Waals surface area contributed by atoms with Crippen LogP contribution in [0.3, 0.4) is 0 Å². The molecule has 1 N–H and O–H groups in total. The Morgan fingerprint density at radius 3 is 2.68 bits per heavy atom. The van der Waals surface area contributed by atoms with Gasteiger partial charge in [-0.25, -0.2) is 0 Å². The molecule has 4 aliphatic carbocycles. The average molecular weight is 387 g/mol. The first-order chi connectivity index (χ1) is 13.2. The Labute approximate surface area is 172 Å². The van der Waals surface area contributed by atoms with Crippen molar-refractivity contribution in [2.75, 3.05) is 13.7 Å². The van der Waals surface area contributed by atoms with Crippen molar-refractivity contribution < 1.29 is 9.84 Å². The molecule has 1 saturated carbocycles. The zero-order valence-electron chi connectivity index (χ0n) is 18.9. The standard InChI is InChI=1S/C26H42O2/c1-18(7-6-16-28-5)21-10-11-22-20-9-8-19-17-24(2,27)14-15-25(19,3)23(20)12-13-26(21,22)4/h11,18-19,21,27H,6-10,12-17H2,1-5H3/t18-,19+,21-,24+,25+,26-/m1/s1. The van der Waals surface area contributed by atoms with E-state index >= 15 is 0 Å². The third kappa shape index (κ3) is 3.23. The van der Waals surface area contributed by atoms with Gasteiger partial charge in [-0.3, -0.25) is 0 Å². The molecule has 28 heavy (non-hydrogen) atoms. The van der Waals surface area contributed by atoms with Gasteiger partial charge in [0.15, 0.2) is 0 Å². The number of aliphatic hydroxyl groups is 1. The van der Waals surface area contributed by atoms with Gasteiger partial charge in [0.1, 0.15) is 0 Å². The minimum Gasteiger partial charge on any atom is -0.390 e. The fourth-order valence-corrected chi connectivity index (χ4v) is 7.68. The normalized spacial score (nSPS) is 43.9. The predicted octanol–water partition coefficient (Wildman–Crippen LogP) is 6.44. The number of methoxy groups -OCH3 is 1. The Morgan fingerprint density at radius 2 is 1.93 bits per heavy atom. The Kier molecular flexibility index (Phi) is 5.37. The first-order valence-corrected chi connectivity index (χ1v) is 11.9. The van der Waals surface area contributed by atoms with Gasteiger partial charge in [0.05, 0.1) is 5.60 Å². The summed E-state index contributed by atoms with van der Waals surface area (Å²) in [5.41, 5.74) is 5.54. The van der Waals surface area contributed by atoms with Crippen LogP contribution in [-0.4, -0.2) is 24.4 Å². The molecular weight excluding hydrogens is 344 g/mol. The molecule has 0 amide bonds.